The Balaban J connectivity index is 2.51. The van der Waals surface area contributed by atoms with E-state index in [1.165, 1.54) is 6.42 Å². The van der Waals surface area contributed by atoms with Gasteiger partial charge in [-0.2, -0.15) is 0 Å². The van der Waals surface area contributed by atoms with E-state index in [-0.39, 0.29) is 5.92 Å². The molecule has 1 fully saturated rings. The van der Waals surface area contributed by atoms with Crippen molar-refractivity contribution in [3.63, 3.8) is 0 Å². The van der Waals surface area contributed by atoms with Crippen molar-refractivity contribution in [3.05, 3.63) is 12.7 Å². The molecule has 0 bridgehead atoms. The van der Waals surface area contributed by atoms with Crippen molar-refractivity contribution in [3.8, 4) is 0 Å². The first-order valence-corrected chi connectivity index (χ1v) is 4.40. The van der Waals surface area contributed by atoms with E-state index < -0.39 is 0 Å². The summed E-state index contributed by atoms with van der Waals surface area (Å²) in [7, 11) is 0. The number of carbonyl (C=O) groups excluding carboxylic acids is 1. The summed E-state index contributed by atoms with van der Waals surface area (Å²) in [5.74, 6) is 1.04. The van der Waals surface area contributed by atoms with Gasteiger partial charge in [0.2, 0.25) is 0 Å². The molecule has 1 heteroatoms. The molecule has 1 saturated carbocycles. The first-order valence-electron chi connectivity index (χ1n) is 4.40. The first kappa shape index (κ1) is 8.51. The van der Waals surface area contributed by atoms with Crippen LogP contribution in [-0.4, -0.2) is 5.78 Å². The van der Waals surface area contributed by atoms with Crippen LogP contribution in [0, 0.1) is 11.8 Å². The third-order valence-electron chi connectivity index (χ3n) is 2.53. The van der Waals surface area contributed by atoms with Crippen molar-refractivity contribution in [2.75, 3.05) is 0 Å². The van der Waals surface area contributed by atoms with Gasteiger partial charge in [-0.15, -0.1) is 6.58 Å². The molecular formula is C10H16O. The number of hydrogen-bond donors (Lipinski definition) is 0. The number of allylic oxidation sites excluding steroid dienone is 1. The van der Waals surface area contributed by atoms with E-state index in [0.29, 0.717) is 11.7 Å². The highest BCUT2D eigenvalue weighted by Crippen LogP contribution is 2.27. The van der Waals surface area contributed by atoms with Gasteiger partial charge in [0, 0.05) is 11.8 Å². The lowest BCUT2D eigenvalue weighted by Gasteiger charge is -2.24. The fraction of sp³-hybridized carbons (Fsp3) is 0.700. The highest BCUT2D eigenvalue weighted by atomic mass is 16.1. The van der Waals surface area contributed by atoms with Crippen molar-refractivity contribution < 1.29 is 4.79 Å². The van der Waals surface area contributed by atoms with Crippen LogP contribution in [0.25, 0.3) is 0 Å². The lowest BCUT2D eigenvalue weighted by Crippen LogP contribution is -2.25. The Morgan fingerprint density at radius 2 is 2.36 bits per heavy atom. The van der Waals surface area contributed by atoms with Gasteiger partial charge >= 0.3 is 0 Å². The van der Waals surface area contributed by atoms with Gasteiger partial charge in [-0.25, -0.2) is 0 Å². The summed E-state index contributed by atoms with van der Waals surface area (Å²) in [5.41, 5.74) is 0. The van der Waals surface area contributed by atoms with Gasteiger partial charge in [-0.1, -0.05) is 19.4 Å². The van der Waals surface area contributed by atoms with Crippen LogP contribution in [-0.2, 0) is 4.79 Å². The largest absolute Gasteiger partial charge is 0.299 e. The lowest BCUT2D eigenvalue weighted by atomic mass is 9.80. The summed E-state index contributed by atoms with van der Waals surface area (Å²) >= 11 is 0. The molecule has 0 aromatic heterocycles. The van der Waals surface area contributed by atoms with Gasteiger partial charge in [-0.05, 0) is 19.3 Å². The molecule has 0 radical (unpaired) electrons. The Kier molecular flexibility index (Phi) is 2.86. The monoisotopic (exact) mass is 152 g/mol. The maximum Gasteiger partial charge on any atom is 0.139 e. The number of carbonyl (C=O) groups is 1. The second kappa shape index (κ2) is 3.70. The van der Waals surface area contributed by atoms with E-state index in [1.807, 2.05) is 13.0 Å². The maximum absolute atomic E-state index is 11.5. The average Bonchev–Trinajstić information content (AvgIpc) is 1.99. The average molecular weight is 152 g/mol. The van der Waals surface area contributed by atoms with Gasteiger partial charge in [0.15, 0.2) is 0 Å². The predicted octanol–water partition coefficient (Wildman–Crippen LogP) is 2.57. The molecule has 1 rings (SSSR count). The van der Waals surface area contributed by atoms with Gasteiger partial charge in [-0.3, -0.25) is 4.79 Å². The maximum atomic E-state index is 11.5. The van der Waals surface area contributed by atoms with E-state index in [1.54, 1.807) is 0 Å². The van der Waals surface area contributed by atoms with Crippen LogP contribution in [0.2, 0.25) is 0 Å². The Bertz CT molecular complexity index is 160. The molecule has 0 aromatic rings. The number of Topliss-reactive ketones (excluding diaryl/α,β-unsaturated/α-hetero) is 1. The highest BCUT2D eigenvalue weighted by molar-refractivity contribution is 5.83. The van der Waals surface area contributed by atoms with Crippen molar-refractivity contribution in [1.29, 1.82) is 0 Å². The summed E-state index contributed by atoms with van der Waals surface area (Å²) in [6.45, 7) is 5.70. The molecular weight excluding hydrogens is 136 g/mol. The van der Waals surface area contributed by atoms with Crippen LogP contribution in [0.5, 0.6) is 0 Å². The van der Waals surface area contributed by atoms with Crippen LogP contribution in [0.15, 0.2) is 12.7 Å². The van der Waals surface area contributed by atoms with Gasteiger partial charge in [0.25, 0.3) is 0 Å². The van der Waals surface area contributed by atoms with Crippen LogP contribution < -0.4 is 0 Å². The van der Waals surface area contributed by atoms with Gasteiger partial charge < -0.3 is 0 Å². The molecule has 1 aliphatic carbocycles. The molecule has 1 nitrogen and oxygen atoms in total. The summed E-state index contributed by atoms with van der Waals surface area (Å²) in [6, 6.07) is 0. The molecule has 0 aromatic carbocycles. The zero-order valence-corrected chi connectivity index (χ0v) is 7.18. The zero-order valence-electron chi connectivity index (χ0n) is 7.18. The second-order valence-corrected chi connectivity index (χ2v) is 3.46. The smallest absolute Gasteiger partial charge is 0.139 e. The van der Waals surface area contributed by atoms with Gasteiger partial charge in [0.1, 0.15) is 5.78 Å². The minimum Gasteiger partial charge on any atom is -0.299 e. The molecule has 0 spiro atoms. The molecule has 0 saturated heterocycles. The van der Waals surface area contributed by atoms with E-state index >= 15 is 0 Å². The minimum atomic E-state index is 0.288. The molecule has 0 heterocycles. The Morgan fingerprint density at radius 1 is 1.64 bits per heavy atom. The molecule has 0 amide bonds. The summed E-state index contributed by atoms with van der Waals surface area (Å²) in [5, 5.41) is 0. The van der Waals surface area contributed by atoms with Crippen molar-refractivity contribution in [2.45, 2.75) is 32.6 Å². The molecule has 0 aliphatic heterocycles. The normalized spacial score (nSPS) is 31.9. The molecule has 0 N–H and O–H groups in total. The summed E-state index contributed by atoms with van der Waals surface area (Å²) < 4.78 is 0. The standard InChI is InChI=1S/C10H16O/c1-3-5-9-7-4-6-8(2)10(9)11/h3,8-9H,1,4-7H2,2H3. The fourth-order valence-corrected chi connectivity index (χ4v) is 1.79. The summed E-state index contributed by atoms with van der Waals surface area (Å²) in [4.78, 5) is 11.5. The topological polar surface area (TPSA) is 17.1 Å². The molecule has 2 atom stereocenters. The van der Waals surface area contributed by atoms with E-state index in [9.17, 15) is 4.79 Å². The Morgan fingerprint density at radius 3 is 3.00 bits per heavy atom. The van der Waals surface area contributed by atoms with Crippen LogP contribution in [0.3, 0.4) is 0 Å². The number of rotatable bonds is 2. The van der Waals surface area contributed by atoms with Crippen LogP contribution in [0.4, 0.5) is 0 Å². The van der Waals surface area contributed by atoms with Crippen LogP contribution >= 0.6 is 0 Å². The minimum absolute atomic E-state index is 0.288. The predicted molar refractivity (Wildman–Crippen MR) is 46.3 cm³/mol. The second-order valence-electron chi connectivity index (χ2n) is 3.46. The number of hydrogen-bond acceptors (Lipinski definition) is 1. The van der Waals surface area contributed by atoms with Crippen molar-refractivity contribution >= 4 is 5.78 Å². The van der Waals surface area contributed by atoms with E-state index in [2.05, 4.69) is 6.58 Å². The fourth-order valence-electron chi connectivity index (χ4n) is 1.79. The Hall–Kier alpha value is -0.590. The third-order valence-corrected chi connectivity index (χ3v) is 2.53. The van der Waals surface area contributed by atoms with E-state index in [4.69, 9.17) is 0 Å². The van der Waals surface area contributed by atoms with Crippen LogP contribution in [0.1, 0.15) is 32.6 Å². The SMILES string of the molecule is C=CCC1CCCC(C)C1=O. The van der Waals surface area contributed by atoms with Crippen molar-refractivity contribution in [2.24, 2.45) is 11.8 Å². The molecule has 62 valence electrons. The zero-order chi connectivity index (χ0) is 8.27. The first-order chi connectivity index (χ1) is 5.25. The third kappa shape index (κ3) is 1.92. The summed E-state index contributed by atoms with van der Waals surface area (Å²) in [6.07, 6.45) is 6.12. The molecule has 1 aliphatic rings. The van der Waals surface area contributed by atoms with E-state index in [0.717, 1.165) is 19.3 Å². The Labute approximate surface area is 68.5 Å². The molecule has 11 heavy (non-hydrogen) atoms. The van der Waals surface area contributed by atoms with Gasteiger partial charge in [0.05, 0.1) is 0 Å². The quantitative estimate of drug-likeness (QED) is 0.556. The lowest BCUT2D eigenvalue weighted by molar-refractivity contribution is -0.128. The molecule has 2 unspecified atom stereocenters. The van der Waals surface area contributed by atoms with Crippen molar-refractivity contribution in [1.82, 2.24) is 0 Å². The highest BCUT2D eigenvalue weighted by Gasteiger charge is 2.26. The number of ketones is 1.